The van der Waals surface area contributed by atoms with Gasteiger partial charge >= 0.3 is 11.6 Å². The molecular weight excluding hydrogens is 372 g/mol. The molecule has 0 saturated carbocycles. The Hall–Kier alpha value is -3.61. The van der Waals surface area contributed by atoms with Gasteiger partial charge in [0.05, 0.1) is 12.2 Å². The predicted molar refractivity (Wildman–Crippen MR) is 108 cm³/mol. The lowest BCUT2D eigenvalue weighted by molar-refractivity contribution is 0.0521. The maximum Gasteiger partial charge on any atom is 0.351 e. The molecule has 1 aliphatic rings. The normalized spacial score (nSPS) is 15.8. The molecule has 1 N–H and O–H groups in total. The summed E-state index contributed by atoms with van der Waals surface area (Å²) < 4.78 is 10.3. The average Bonchev–Trinajstić information content (AvgIpc) is 2.71. The zero-order valence-corrected chi connectivity index (χ0v) is 16.3. The van der Waals surface area contributed by atoms with Crippen LogP contribution in [0.2, 0.25) is 0 Å². The molecule has 0 bridgehead atoms. The summed E-state index contributed by atoms with van der Waals surface area (Å²) >= 11 is 0. The van der Waals surface area contributed by atoms with Crippen molar-refractivity contribution in [1.82, 2.24) is 4.90 Å². The van der Waals surface area contributed by atoms with Gasteiger partial charge in [0.1, 0.15) is 17.3 Å². The highest BCUT2D eigenvalue weighted by Gasteiger charge is 2.30. The number of hydrogen-bond donors (Lipinski definition) is 1. The van der Waals surface area contributed by atoms with E-state index in [1.165, 1.54) is 6.07 Å². The van der Waals surface area contributed by atoms with E-state index in [4.69, 9.17) is 9.15 Å². The van der Waals surface area contributed by atoms with Gasteiger partial charge in [0, 0.05) is 18.1 Å². The van der Waals surface area contributed by atoms with Gasteiger partial charge in [-0.25, -0.2) is 9.59 Å². The second kappa shape index (κ2) is 7.09. The summed E-state index contributed by atoms with van der Waals surface area (Å²) in [5, 5.41) is 3.96. The first-order valence-electron chi connectivity index (χ1n) is 9.29. The van der Waals surface area contributed by atoms with E-state index < -0.39 is 17.8 Å². The van der Waals surface area contributed by atoms with E-state index >= 15 is 0 Å². The smallest absolute Gasteiger partial charge is 0.351 e. The highest BCUT2D eigenvalue weighted by atomic mass is 16.5. The number of rotatable bonds is 3. The molecule has 0 radical (unpaired) electrons. The van der Waals surface area contributed by atoms with Crippen LogP contribution in [0.1, 0.15) is 44.9 Å². The number of benzene rings is 2. The van der Waals surface area contributed by atoms with Crippen LogP contribution in [0.15, 0.2) is 51.7 Å². The number of nitrogens with zero attached hydrogens (tertiary/aromatic N) is 1. The van der Waals surface area contributed by atoms with E-state index in [1.54, 1.807) is 24.9 Å². The van der Waals surface area contributed by atoms with Crippen molar-refractivity contribution in [3.05, 3.63) is 75.1 Å². The zero-order valence-electron chi connectivity index (χ0n) is 16.3. The van der Waals surface area contributed by atoms with Crippen LogP contribution in [0, 0.1) is 6.92 Å². The van der Waals surface area contributed by atoms with Crippen molar-refractivity contribution in [2.45, 2.75) is 20.0 Å². The van der Waals surface area contributed by atoms with Crippen LogP contribution in [0.3, 0.4) is 0 Å². The molecular formula is C22H20N2O5. The number of carbonyl (C=O) groups is 2. The third kappa shape index (κ3) is 3.14. The summed E-state index contributed by atoms with van der Waals surface area (Å²) in [4.78, 5) is 38.6. The number of aryl methyl sites for hydroxylation is 1. The molecule has 1 aromatic heterocycles. The van der Waals surface area contributed by atoms with Crippen molar-refractivity contribution in [2.75, 3.05) is 19.0 Å². The fourth-order valence-electron chi connectivity index (χ4n) is 3.60. The quantitative estimate of drug-likeness (QED) is 0.542. The van der Waals surface area contributed by atoms with Crippen LogP contribution in [0.4, 0.5) is 5.69 Å². The second-order valence-corrected chi connectivity index (χ2v) is 6.93. The molecule has 1 unspecified atom stereocenters. The van der Waals surface area contributed by atoms with Crippen molar-refractivity contribution in [3.8, 4) is 0 Å². The van der Waals surface area contributed by atoms with Gasteiger partial charge in [0.25, 0.3) is 5.91 Å². The van der Waals surface area contributed by atoms with Crippen molar-refractivity contribution < 1.29 is 18.7 Å². The lowest BCUT2D eigenvalue weighted by atomic mass is 10.00. The Morgan fingerprint density at radius 3 is 2.72 bits per heavy atom. The largest absolute Gasteiger partial charge is 0.462 e. The Morgan fingerprint density at radius 2 is 1.97 bits per heavy atom. The first-order valence-corrected chi connectivity index (χ1v) is 9.29. The van der Waals surface area contributed by atoms with Gasteiger partial charge in [-0.3, -0.25) is 4.79 Å². The molecule has 0 aliphatic carbocycles. The minimum absolute atomic E-state index is 0.0890. The van der Waals surface area contributed by atoms with Crippen LogP contribution < -0.4 is 10.9 Å². The van der Waals surface area contributed by atoms with Crippen molar-refractivity contribution in [1.29, 1.82) is 0 Å². The lowest BCUT2D eigenvalue weighted by Crippen LogP contribution is -2.40. The molecule has 1 aliphatic heterocycles. The fourth-order valence-corrected chi connectivity index (χ4v) is 3.60. The molecule has 2 heterocycles. The third-order valence-corrected chi connectivity index (χ3v) is 5.01. The molecule has 0 saturated heterocycles. The number of para-hydroxylation sites is 1. The molecule has 7 heteroatoms. The predicted octanol–water partition coefficient (Wildman–Crippen LogP) is 3.47. The van der Waals surface area contributed by atoms with E-state index in [2.05, 4.69) is 5.32 Å². The van der Waals surface area contributed by atoms with Gasteiger partial charge < -0.3 is 19.4 Å². The number of fused-ring (bicyclic) bond motifs is 2. The molecule has 148 valence electrons. The summed E-state index contributed by atoms with van der Waals surface area (Å²) in [6.07, 6.45) is -0.404. The molecule has 2 aromatic carbocycles. The lowest BCUT2D eigenvalue weighted by Gasteiger charge is -2.35. The highest BCUT2D eigenvalue weighted by Crippen LogP contribution is 2.34. The summed E-state index contributed by atoms with van der Waals surface area (Å²) in [5.41, 5.74) is 2.42. The van der Waals surface area contributed by atoms with Gasteiger partial charge in [-0.1, -0.05) is 12.1 Å². The number of esters is 1. The third-order valence-electron chi connectivity index (χ3n) is 5.01. The number of ether oxygens (including phenoxy) is 1. The Kier molecular flexibility index (Phi) is 4.58. The molecule has 4 rings (SSSR count). The van der Waals surface area contributed by atoms with Crippen LogP contribution in [-0.4, -0.2) is 30.4 Å². The van der Waals surface area contributed by atoms with Gasteiger partial charge in [0.2, 0.25) is 0 Å². The molecule has 3 aromatic rings. The molecule has 29 heavy (non-hydrogen) atoms. The van der Waals surface area contributed by atoms with Crippen molar-refractivity contribution in [2.24, 2.45) is 0 Å². The van der Waals surface area contributed by atoms with Crippen molar-refractivity contribution in [3.63, 3.8) is 0 Å². The van der Waals surface area contributed by atoms with E-state index in [9.17, 15) is 14.4 Å². The van der Waals surface area contributed by atoms with Crippen LogP contribution in [0.5, 0.6) is 0 Å². The second-order valence-electron chi connectivity index (χ2n) is 6.93. The van der Waals surface area contributed by atoms with Gasteiger partial charge in [0.15, 0.2) is 0 Å². The molecule has 1 atom stereocenters. The van der Waals surface area contributed by atoms with Gasteiger partial charge in [-0.2, -0.15) is 0 Å². The monoisotopic (exact) mass is 392 g/mol. The zero-order chi connectivity index (χ0) is 20.7. The number of nitrogens with one attached hydrogen (secondary N) is 1. The maximum absolute atomic E-state index is 12.8. The first-order chi connectivity index (χ1) is 13.9. The Bertz CT molecular complexity index is 1200. The van der Waals surface area contributed by atoms with Gasteiger partial charge in [-0.05, 0) is 55.3 Å². The van der Waals surface area contributed by atoms with E-state index in [-0.39, 0.29) is 18.1 Å². The fraction of sp³-hybridized carbons (Fsp3) is 0.227. The van der Waals surface area contributed by atoms with E-state index in [0.29, 0.717) is 16.5 Å². The van der Waals surface area contributed by atoms with Crippen LogP contribution >= 0.6 is 0 Å². The summed E-state index contributed by atoms with van der Waals surface area (Å²) in [6.45, 7) is 3.65. The van der Waals surface area contributed by atoms with Crippen LogP contribution in [-0.2, 0) is 4.74 Å². The topological polar surface area (TPSA) is 88.8 Å². The number of carbonyl (C=O) groups excluding carboxylic acids is 2. The van der Waals surface area contributed by atoms with Gasteiger partial charge in [-0.15, -0.1) is 0 Å². The first kappa shape index (κ1) is 18.7. The number of hydrogen-bond acceptors (Lipinski definition) is 6. The average molecular weight is 392 g/mol. The minimum Gasteiger partial charge on any atom is -0.462 e. The molecule has 0 spiro atoms. The van der Waals surface area contributed by atoms with Crippen molar-refractivity contribution >= 4 is 28.5 Å². The van der Waals surface area contributed by atoms with Crippen LogP contribution in [0.25, 0.3) is 11.0 Å². The summed E-state index contributed by atoms with van der Waals surface area (Å²) in [6, 6.07) is 12.5. The number of anilines is 1. The highest BCUT2D eigenvalue weighted by molar-refractivity contribution is 6.01. The molecule has 1 amide bonds. The Morgan fingerprint density at radius 1 is 1.21 bits per heavy atom. The SMILES string of the molecule is CCOC(=O)c1cc2cc(C3Nc4ccccc4C(=O)N3C)cc(C)c2oc1=O. The summed E-state index contributed by atoms with van der Waals surface area (Å²) in [7, 11) is 1.73. The Balaban J connectivity index is 1.82. The Labute approximate surface area is 166 Å². The molecule has 0 fully saturated rings. The summed E-state index contributed by atoms with van der Waals surface area (Å²) in [5.74, 6) is -0.808. The van der Waals surface area contributed by atoms with E-state index in [1.807, 2.05) is 37.3 Å². The molecule has 7 nitrogen and oxygen atoms in total. The number of amides is 1. The van der Waals surface area contributed by atoms with E-state index in [0.717, 1.165) is 16.8 Å². The minimum atomic E-state index is -0.733. The maximum atomic E-state index is 12.8. The standard InChI is InChI=1S/C22H20N2O5/c1-4-28-21(26)16-11-13-10-14(9-12(2)18(13)29-22(16)27)19-23-17-8-6-5-7-15(17)20(25)24(19)3/h5-11,19,23H,4H2,1-3H3.